The van der Waals surface area contributed by atoms with Gasteiger partial charge in [0.2, 0.25) is 0 Å². The molecule has 0 saturated carbocycles. The Morgan fingerprint density at radius 1 is 1.26 bits per heavy atom. The minimum absolute atomic E-state index is 0.531. The molecule has 102 valence electrons. The molecule has 0 fully saturated rings. The molecule has 0 aliphatic heterocycles. The maximum atomic E-state index is 5.66. The van der Waals surface area contributed by atoms with Crippen LogP contribution in [0.1, 0.15) is 10.6 Å². The number of benzene rings is 1. The van der Waals surface area contributed by atoms with Gasteiger partial charge in [0, 0.05) is 31.8 Å². The standard InChI is InChI=1S/C14H18N2O2S/c1-17-8-6-15-10-12-2-4-13(5-3-12)18-11-14-16-7-9-19-14/h2-5,7,9,15H,6,8,10-11H2,1H3. The average Bonchev–Trinajstić information content (AvgIpc) is 2.96. The van der Waals surface area contributed by atoms with Crippen molar-refractivity contribution < 1.29 is 9.47 Å². The van der Waals surface area contributed by atoms with Gasteiger partial charge in [0.05, 0.1) is 6.61 Å². The number of thiazole rings is 1. The molecule has 1 heterocycles. The van der Waals surface area contributed by atoms with Crippen LogP contribution in [0.2, 0.25) is 0 Å². The highest BCUT2D eigenvalue weighted by molar-refractivity contribution is 7.09. The molecule has 4 nitrogen and oxygen atoms in total. The Hall–Kier alpha value is -1.43. The summed E-state index contributed by atoms with van der Waals surface area (Å²) in [5.74, 6) is 0.871. The van der Waals surface area contributed by atoms with Gasteiger partial charge in [-0.25, -0.2) is 4.98 Å². The van der Waals surface area contributed by atoms with Crippen LogP contribution in [0.5, 0.6) is 5.75 Å². The molecule has 0 amide bonds. The Morgan fingerprint density at radius 3 is 2.79 bits per heavy atom. The van der Waals surface area contributed by atoms with E-state index >= 15 is 0 Å². The van der Waals surface area contributed by atoms with E-state index in [9.17, 15) is 0 Å². The lowest BCUT2D eigenvalue weighted by Crippen LogP contribution is -2.18. The van der Waals surface area contributed by atoms with Crippen LogP contribution in [-0.4, -0.2) is 25.2 Å². The van der Waals surface area contributed by atoms with Gasteiger partial charge >= 0.3 is 0 Å². The Morgan fingerprint density at radius 2 is 2.11 bits per heavy atom. The van der Waals surface area contributed by atoms with E-state index in [1.54, 1.807) is 24.6 Å². The Kier molecular flexibility index (Phi) is 5.81. The van der Waals surface area contributed by atoms with Gasteiger partial charge < -0.3 is 14.8 Å². The van der Waals surface area contributed by atoms with Crippen molar-refractivity contribution in [3.8, 4) is 5.75 Å². The fraction of sp³-hybridized carbons (Fsp3) is 0.357. The SMILES string of the molecule is COCCNCc1ccc(OCc2nccs2)cc1. The van der Waals surface area contributed by atoms with Crippen molar-refractivity contribution >= 4 is 11.3 Å². The number of nitrogens with one attached hydrogen (secondary N) is 1. The second kappa shape index (κ2) is 7.89. The molecule has 1 aromatic carbocycles. The second-order valence-electron chi connectivity index (χ2n) is 4.03. The van der Waals surface area contributed by atoms with Crippen molar-refractivity contribution in [2.75, 3.05) is 20.3 Å². The van der Waals surface area contributed by atoms with E-state index in [1.807, 2.05) is 17.5 Å². The molecule has 0 radical (unpaired) electrons. The highest BCUT2D eigenvalue weighted by atomic mass is 32.1. The minimum Gasteiger partial charge on any atom is -0.486 e. The van der Waals surface area contributed by atoms with E-state index in [-0.39, 0.29) is 0 Å². The minimum atomic E-state index is 0.531. The van der Waals surface area contributed by atoms with E-state index < -0.39 is 0 Å². The van der Waals surface area contributed by atoms with Gasteiger partial charge in [-0.1, -0.05) is 12.1 Å². The van der Waals surface area contributed by atoms with Crippen molar-refractivity contribution in [2.45, 2.75) is 13.2 Å². The van der Waals surface area contributed by atoms with Gasteiger partial charge in [0.15, 0.2) is 0 Å². The zero-order chi connectivity index (χ0) is 13.3. The van der Waals surface area contributed by atoms with E-state index in [0.717, 1.165) is 30.5 Å². The third-order valence-corrected chi connectivity index (χ3v) is 3.33. The molecule has 0 spiro atoms. The fourth-order valence-corrected chi connectivity index (χ4v) is 2.11. The van der Waals surface area contributed by atoms with E-state index in [2.05, 4.69) is 22.4 Å². The van der Waals surface area contributed by atoms with Crippen LogP contribution >= 0.6 is 11.3 Å². The van der Waals surface area contributed by atoms with E-state index in [1.165, 1.54) is 5.56 Å². The van der Waals surface area contributed by atoms with Gasteiger partial charge in [-0.15, -0.1) is 11.3 Å². The molecule has 1 aromatic heterocycles. The first kappa shape index (κ1) is 14.0. The Labute approximate surface area is 117 Å². The number of methoxy groups -OCH3 is 1. The van der Waals surface area contributed by atoms with Gasteiger partial charge in [-0.05, 0) is 17.7 Å². The lowest BCUT2D eigenvalue weighted by atomic mass is 10.2. The molecule has 1 N–H and O–H groups in total. The normalized spacial score (nSPS) is 10.6. The summed E-state index contributed by atoms with van der Waals surface area (Å²) in [7, 11) is 1.70. The fourth-order valence-electron chi connectivity index (χ4n) is 1.58. The zero-order valence-corrected chi connectivity index (χ0v) is 11.8. The molecule has 0 unspecified atom stereocenters. The van der Waals surface area contributed by atoms with Crippen LogP contribution in [0.25, 0.3) is 0 Å². The predicted molar refractivity (Wildman–Crippen MR) is 76.5 cm³/mol. The van der Waals surface area contributed by atoms with E-state index in [4.69, 9.17) is 9.47 Å². The molecule has 5 heteroatoms. The molecular formula is C14H18N2O2S. The van der Waals surface area contributed by atoms with Crippen LogP contribution in [0, 0.1) is 0 Å². The maximum absolute atomic E-state index is 5.66. The lowest BCUT2D eigenvalue weighted by Gasteiger charge is -2.07. The molecule has 2 aromatic rings. The van der Waals surface area contributed by atoms with Crippen LogP contribution in [0.15, 0.2) is 35.8 Å². The number of ether oxygens (including phenoxy) is 2. The van der Waals surface area contributed by atoms with E-state index in [0.29, 0.717) is 6.61 Å². The second-order valence-corrected chi connectivity index (χ2v) is 5.01. The summed E-state index contributed by atoms with van der Waals surface area (Å²) in [6, 6.07) is 8.11. The van der Waals surface area contributed by atoms with Crippen LogP contribution in [0.4, 0.5) is 0 Å². The summed E-state index contributed by atoms with van der Waals surface area (Å²) < 4.78 is 10.6. The maximum Gasteiger partial charge on any atom is 0.140 e. The number of rotatable bonds is 8. The first-order valence-corrected chi connectivity index (χ1v) is 7.06. The number of hydrogen-bond donors (Lipinski definition) is 1. The lowest BCUT2D eigenvalue weighted by molar-refractivity contribution is 0.199. The topological polar surface area (TPSA) is 43.4 Å². The Balaban J connectivity index is 1.74. The third-order valence-electron chi connectivity index (χ3n) is 2.58. The molecule has 0 bridgehead atoms. The summed E-state index contributed by atoms with van der Waals surface area (Å²) in [5, 5.41) is 6.25. The highest BCUT2D eigenvalue weighted by Gasteiger charge is 1.98. The summed E-state index contributed by atoms with van der Waals surface area (Å²) >= 11 is 1.60. The summed E-state index contributed by atoms with van der Waals surface area (Å²) in [6.45, 7) is 2.97. The first-order chi connectivity index (χ1) is 9.38. The van der Waals surface area contributed by atoms with Gasteiger partial charge in [0.1, 0.15) is 17.4 Å². The average molecular weight is 278 g/mol. The highest BCUT2D eigenvalue weighted by Crippen LogP contribution is 2.15. The summed E-state index contributed by atoms with van der Waals surface area (Å²) in [4.78, 5) is 4.18. The predicted octanol–water partition coefficient (Wildman–Crippen LogP) is 2.46. The van der Waals surface area contributed by atoms with Gasteiger partial charge in [-0.2, -0.15) is 0 Å². The van der Waals surface area contributed by atoms with Crippen LogP contribution < -0.4 is 10.1 Å². The zero-order valence-electron chi connectivity index (χ0n) is 11.0. The molecular weight excluding hydrogens is 260 g/mol. The van der Waals surface area contributed by atoms with Crippen molar-refractivity contribution in [3.05, 3.63) is 46.4 Å². The van der Waals surface area contributed by atoms with Crippen molar-refractivity contribution in [1.29, 1.82) is 0 Å². The molecule has 0 saturated heterocycles. The van der Waals surface area contributed by atoms with Crippen molar-refractivity contribution in [2.24, 2.45) is 0 Å². The van der Waals surface area contributed by atoms with Crippen LogP contribution in [-0.2, 0) is 17.9 Å². The third kappa shape index (κ3) is 4.98. The first-order valence-electron chi connectivity index (χ1n) is 6.18. The number of nitrogens with zero attached hydrogens (tertiary/aromatic N) is 1. The Bertz CT molecular complexity index is 457. The van der Waals surface area contributed by atoms with Crippen molar-refractivity contribution in [1.82, 2.24) is 10.3 Å². The summed E-state index contributed by atoms with van der Waals surface area (Å²) in [6.07, 6.45) is 1.79. The quantitative estimate of drug-likeness (QED) is 0.753. The van der Waals surface area contributed by atoms with Crippen LogP contribution in [0.3, 0.4) is 0 Å². The molecule has 0 atom stereocenters. The van der Waals surface area contributed by atoms with Gasteiger partial charge in [-0.3, -0.25) is 0 Å². The molecule has 0 aliphatic carbocycles. The smallest absolute Gasteiger partial charge is 0.140 e. The number of hydrogen-bond acceptors (Lipinski definition) is 5. The molecule has 19 heavy (non-hydrogen) atoms. The van der Waals surface area contributed by atoms with Crippen molar-refractivity contribution in [3.63, 3.8) is 0 Å². The largest absolute Gasteiger partial charge is 0.486 e. The molecule has 2 rings (SSSR count). The number of aromatic nitrogens is 1. The monoisotopic (exact) mass is 278 g/mol. The summed E-state index contributed by atoms with van der Waals surface area (Å²) in [5.41, 5.74) is 1.23. The van der Waals surface area contributed by atoms with Gasteiger partial charge in [0.25, 0.3) is 0 Å². The molecule has 0 aliphatic rings.